The predicted molar refractivity (Wildman–Crippen MR) is 102 cm³/mol. The lowest BCUT2D eigenvalue weighted by molar-refractivity contribution is 0.0365. The number of nitrogens with zero attached hydrogens (tertiary/aromatic N) is 2. The van der Waals surface area contributed by atoms with Crippen LogP contribution in [0.5, 0.6) is 0 Å². The average molecular weight is 390 g/mol. The molecule has 1 aliphatic rings. The highest BCUT2D eigenvalue weighted by Gasteiger charge is 2.20. The molecule has 3 aromatic rings. The molecule has 0 aliphatic carbocycles. The number of carbonyl (C=O) groups is 1. The maximum atomic E-state index is 14.0. The van der Waals surface area contributed by atoms with Gasteiger partial charge in [0.1, 0.15) is 16.5 Å². The first-order chi connectivity index (χ1) is 13.0. The minimum Gasteiger partial charge on any atom is -0.379 e. The summed E-state index contributed by atoms with van der Waals surface area (Å²) in [5.74, 6) is -1.93. The summed E-state index contributed by atoms with van der Waals surface area (Å²) >= 11 is 1.36. The number of aryl methyl sites for hydroxylation is 1. The van der Waals surface area contributed by atoms with Gasteiger partial charge in [0.15, 0.2) is 0 Å². The van der Waals surface area contributed by atoms with Gasteiger partial charge in [0.2, 0.25) is 5.78 Å². The van der Waals surface area contributed by atoms with Crippen molar-refractivity contribution < 1.29 is 18.3 Å². The maximum Gasteiger partial charge on any atom is 0.205 e. The molecule has 27 heavy (non-hydrogen) atoms. The number of rotatable bonds is 5. The molecule has 2 aromatic heterocycles. The molecule has 0 unspecified atom stereocenters. The number of ketones is 1. The molecule has 0 bridgehead atoms. The molecule has 0 spiro atoms. The van der Waals surface area contributed by atoms with Crippen LogP contribution in [0.25, 0.3) is 10.2 Å². The molecule has 7 heteroatoms. The zero-order valence-corrected chi connectivity index (χ0v) is 15.8. The first-order valence-electron chi connectivity index (χ1n) is 8.92. The maximum absolute atomic E-state index is 14.0. The van der Waals surface area contributed by atoms with Crippen LogP contribution < -0.4 is 0 Å². The Bertz CT molecular complexity index is 989. The van der Waals surface area contributed by atoms with E-state index < -0.39 is 17.4 Å². The highest BCUT2D eigenvalue weighted by atomic mass is 32.1. The van der Waals surface area contributed by atoms with Crippen molar-refractivity contribution in [3.8, 4) is 0 Å². The van der Waals surface area contributed by atoms with Crippen LogP contribution in [0.4, 0.5) is 8.78 Å². The molecule has 0 radical (unpaired) electrons. The van der Waals surface area contributed by atoms with Crippen LogP contribution in [0.2, 0.25) is 0 Å². The molecule has 1 aromatic carbocycles. The normalized spacial score (nSPS) is 15.5. The first-order valence-corrected chi connectivity index (χ1v) is 9.74. The zero-order chi connectivity index (χ0) is 19.0. The third-order valence-electron chi connectivity index (χ3n) is 4.92. The molecule has 1 fully saturated rings. The minimum atomic E-state index is -0.829. The molecule has 142 valence electrons. The smallest absolute Gasteiger partial charge is 0.205 e. The molecular weight excluding hydrogens is 370 g/mol. The number of morpholine rings is 1. The third-order valence-corrected chi connectivity index (χ3v) is 6.09. The van der Waals surface area contributed by atoms with E-state index in [-0.39, 0.29) is 5.56 Å². The molecule has 3 heterocycles. The van der Waals surface area contributed by atoms with E-state index in [2.05, 4.69) is 9.47 Å². The van der Waals surface area contributed by atoms with Crippen LogP contribution >= 0.6 is 11.3 Å². The van der Waals surface area contributed by atoms with E-state index in [1.54, 1.807) is 6.07 Å². The Morgan fingerprint density at radius 1 is 1.15 bits per heavy atom. The minimum absolute atomic E-state index is 0.100. The van der Waals surface area contributed by atoms with E-state index in [1.807, 2.05) is 13.0 Å². The highest BCUT2D eigenvalue weighted by Crippen LogP contribution is 2.31. The molecule has 0 N–H and O–H groups in total. The van der Waals surface area contributed by atoms with Crippen molar-refractivity contribution in [1.82, 2.24) is 9.47 Å². The average Bonchev–Trinajstić information content (AvgIpc) is 3.17. The topological polar surface area (TPSA) is 34.5 Å². The molecule has 4 rings (SSSR count). The number of hydrogen-bond donors (Lipinski definition) is 0. The Hall–Kier alpha value is -2.09. The Kier molecular flexibility index (Phi) is 5.08. The molecule has 1 aliphatic heterocycles. The van der Waals surface area contributed by atoms with Gasteiger partial charge in [-0.05, 0) is 31.2 Å². The van der Waals surface area contributed by atoms with E-state index in [9.17, 15) is 13.6 Å². The van der Waals surface area contributed by atoms with Crippen LogP contribution in [0.15, 0.2) is 30.3 Å². The molecular formula is C20H20F2N2O2S. The van der Waals surface area contributed by atoms with Crippen molar-refractivity contribution in [2.75, 3.05) is 32.8 Å². The summed E-state index contributed by atoms with van der Waals surface area (Å²) in [5, 5.41) is 0.977. The number of benzene rings is 1. The fourth-order valence-electron chi connectivity index (χ4n) is 3.44. The second kappa shape index (κ2) is 7.50. The van der Waals surface area contributed by atoms with Crippen molar-refractivity contribution in [1.29, 1.82) is 0 Å². The first kappa shape index (κ1) is 18.3. The Labute approximate surface area is 160 Å². The summed E-state index contributed by atoms with van der Waals surface area (Å²) in [6, 6.07) is 6.89. The van der Waals surface area contributed by atoms with Crippen molar-refractivity contribution in [2.45, 2.75) is 13.5 Å². The van der Waals surface area contributed by atoms with Crippen LogP contribution in [0.3, 0.4) is 0 Å². The highest BCUT2D eigenvalue weighted by molar-refractivity contribution is 7.20. The van der Waals surface area contributed by atoms with Crippen LogP contribution in [-0.4, -0.2) is 48.1 Å². The summed E-state index contributed by atoms with van der Waals surface area (Å²) < 4.78 is 34.6. The van der Waals surface area contributed by atoms with Crippen LogP contribution in [0, 0.1) is 18.6 Å². The van der Waals surface area contributed by atoms with Gasteiger partial charge in [0, 0.05) is 43.3 Å². The lowest BCUT2D eigenvalue weighted by Gasteiger charge is -2.26. The molecule has 0 amide bonds. The standard InChI is InChI=1S/C20H20F2N2O2S/c1-13-10-14-11-18(19(25)16-3-2-15(21)12-17(16)22)27-20(14)24(13)5-4-23-6-8-26-9-7-23/h2-3,10-12H,4-9H2,1H3. The predicted octanol–water partition coefficient (Wildman–Crippen LogP) is 3.85. The number of fused-ring (bicyclic) bond motifs is 1. The number of thiophene rings is 1. The van der Waals surface area contributed by atoms with Gasteiger partial charge >= 0.3 is 0 Å². The van der Waals surface area contributed by atoms with Gasteiger partial charge in [-0.15, -0.1) is 11.3 Å². The van der Waals surface area contributed by atoms with E-state index in [1.165, 1.54) is 17.4 Å². The van der Waals surface area contributed by atoms with Crippen molar-refractivity contribution in [2.24, 2.45) is 0 Å². The Morgan fingerprint density at radius 2 is 1.93 bits per heavy atom. The summed E-state index contributed by atoms with van der Waals surface area (Å²) in [6.45, 7) is 7.19. The van der Waals surface area contributed by atoms with E-state index in [4.69, 9.17) is 4.74 Å². The monoisotopic (exact) mass is 390 g/mol. The van der Waals surface area contributed by atoms with Crippen molar-refractivity contribution in [3.05, 3.63) is 58.1 Å². The number of halogens is 2. The summed E-state index contributed by atoms with van der Waals surface area (Å²) in [6.07, 6.45) is 0. The van der Waals surface area contributed by atoms with Gasteiger partial charge in [0.05, 0.1) is 23.7 Å². The van der Waals surface area contributed by atoms with Gasteiger partial charge in [0.25, 0.3) is 0 Å². The van der Waals surface area contributed by atoms with Crippen molar-refractivity contribution in [3.63, 3.8) is 0 Å². The van der Waals surface area contributed by atoms with Crippen molar-refractivity contribution >= 4 is 27.3 Å². The Morgan fingerprint density at radius 3 is 2.67 bits per heavy atom. The van der Waals surface area contributed by atoms with Gasteiger partial charge in [-0.2, -0.15) is 0 Å². The second-order valence-corrected chi connectivity index (χ2v) is 7.75. The van der Waals surface area contributed by atoms with Crippen LogP contribution in [0.1, 0.15) is 20.9 Å². The summed E-state index contributed by atoms with van der Waals surface area (Å²) in [4.78, 5) is 16.5. The molecule has 1 saturated heterocycles. The lowest BCUT2D eigenvalue weighted by Crippen LogP contribution is -2.38. The number of carbonyl (C=O) groups excluding carboxylic acids is 1. The fraction of sp³-hybridized carbons (Fsp3) is 0.350. The number of hydrogen-bond acceptors (Lipinski definition) is 4. The molecule has 0 saturated carbocycles. The van der Waals surface area contributed by atoms with Gasteiger partial charge < -0.3 is 9.30 Å². The van der Waals surface area contributed by atoms with E-state index in [0.717, 1.165) is 67.4 Å². The van der Waals surface area contributed by atoms with Crippen LogP contribution in [-0.2, 0) is 11.3 Å². The fourth-order valence-corrected chi connectivity index (χ4v) is 4.61. The third kappa shape index (κ3) is 3.67. The zero-order valence-electron chi connectivity index (χ0n) is 15.0. The number of aromatic nitrogens is 1. The van der Waals surface area contributed by atoms with Gasteiger partial charge in [-0.1, -0.05) is 0 Å². The van der Waals surface area contributed by atoms with E-state index in [0.29, 0.717) is 4.88 Å². The van der Waals surface area contributed by atoms with Gasteiger partial charge in [-0.25, -0.2) is 8.78 Å². The van der Waals surface area contributed by atoms with Gasteiger partial charge in [-0.3, -0.25) is 9.69 Å². The second-order valence-electron chi connectivity index (χ2n) is 6.72. The summed E-state index contributed by atoms with van der Waals surface area (Å²) in [5.41, 5.74) is 1.04. The Balaban J connectivity index is 1.58. The summed E-state index contributed by atoms with van der Waals surface area (Å²) in [7, 11) is 0. The largest absolute Gasteiger partial charge is 0.379 e. The number of ether oxygens (including phenoxy) is 1. The SMILES string of the molecule is Cc1cc2cc(C(=O)c3ccc(F)cc3F)sc2n1CCN1CCOCC1. The lowest BCUT2D eigenvalue weighted by atomic mass is 10.1. The quantitative estimate of drug-likeness (QED) is 0.621. The van der Waals surface area contributed by atoms with E-state index >= 15 is 0 Å². The molecule has 4 nitrogen and oxygen atoms in total. The molecule has 0 atom stereocenters.